The van der Waals surface area contributed by atoms with Crippen molar-refractivity contribution >= 4 is 33.4 Å². The van der Waals surface area contributed by atoms with Crippen LogP contribution >= 0.6 is 0 Å². The van der Waals surface area contributed by atoms with Gasteiger partial charge in [0.25, 0.3) is 0 Å². The molecule has 0 aliphatic carbocycles. The molecular formula is C23H26N2O6S. The van der Waals surface area contributed by atoms with Gasteiger partial charge in [0.1, 0.15) is 6.54 Å². The van der Waals surface area contributed by atoms with Gasteiger partial charge in [-0.15, -0.1) is 0 Å². The summed E-state index contributed by atoms with van der Waals surface area (Å²) >= 11 is 0. The van der Waals surface area contributed by atoms with Gasteiger partial charge < -0.3 is 9.64 Å². The third-order valence-corrected chi connectivity index (χ3v) is 6.82. The van der Waals surface area contributed by atoms with E-state index in [0.29, 0.717) is 24.2 Å². The maximum absolute atomic E-state index is 12.5. The molecule has 1 N–H and O–H groups in total. The van der Waals surface area contributed by atoms with Crippen LogP contribution in [0, 0.1) is 13.8 Å². The van der Waals surface area contributed by atoms with E-state index >= 15 is 0 Å². The van der Waals surface area contributed by atoms with Gasteiger partial charge in [0, 0.05) is 24.2 Å². The van der Waals surface area contributed by atoms with Crippen LogP contribution < -0.4 is 9.62 Å². The zero-order chi connectivity index (χ0) is 23.5. The van der Waals surface area contributed by atoms with Gasteiger partial charge in [-0.25, -0.2) is 8.42 Å². The topological polar surface area (TPSA) is 110 Å². The Morgan fingerprint density at radius 3 is 2.38 bits per heavy atom. The minimum absolute atomic E-state index is 0.00550. The molecule has 9 heteroatoms. The molecule has 0 aromatic heterocycles. The number of nitrogens with zero attached hydrogens (tertiary/aromatic N) is 1. The molecule has 0 spiro atoms. The summed E-state index contributed by atoms with van der Waals surface area (Å²) in [6.45, 7) is 5.25. The van der Waals surface area contributed by atoms with Gasteiger partial charge in [-0.05, 0) is 68.7 Å². The SMILES string of the molecule is Cc1ccc(C(=O)[C@@H](C)OC(=O)CNS(=O)(=O)c2ccc(N3CCCC3=O)cc2)cc1C. The molecule has 0 unspecified atom stereocenters. The van der Waals surface area contributed by atoms with Crippen LogP contribution in [-0.2, 0) is 24.3 Å². The highest BCUT2D eigenvalue weighted by atomic mass is 32.2. The monoisotopic (exact) mass is 458 g/mol. The van der Waals surface area contributed by atoms with E-state index in [1.165, 1.54) is 19.1 Å². The van der Waals surface area contributed by atoms with Crippen LogP contribution in [-0.4, -0.2) is 45.3 Å². The molecule has 1 amide bonds. The summed E-state index contributed by atoms with van der Waals surface area (Å²) in [5.74, 6) is -1.22. The molecule has 2 aromatic carbocycles. The Bertz CT molecular complexity index is 1140. The van der Waals surface area contributed by atoms with Crippen molar-refractivity contribution in [2.75, 3.05) is 18.0 Å². The van der Waals surface area contributed by atoms with Crippen LogP contribution in [0.25, 0.3) is 0 Å². The van der Waals surface area contributed by atoms with E-state index in [2.05, 4.69) is 4.72 Å². The summed E-state index contributed by atoms with van der Waals surface area (Å²) in [7, 11) is -3.97. The van der Waals surface area contributed by atoms with E-state index in [-0.39, 0.29) is 16.6 Å². The fraction of sp³-hybridized carbons (Fsp3) is 0.348. The molecule has 1 fully saturated rings. The Balaban J connectivity index is 1.56. The van der Waals surface area contributed by atoms with Crippen molar-refractivity contribution in [2.45, 2.75) is 44.6 Å². The van der Waals surface area contributed by atoms with E-state index < -0.39 is 28.6 Å². The number of carbonyl (C=O) groups is 3. The molecule has 1 atom stereocenters. The first-order chi connectivity index (χ1) is 15.1. The highest BCUT2D eigenvalue weighted by Gasteiger charge is 2.24. The van der Waals surface area contributed by atoms with E-state index in [9.17, 15) is 22.8 Å². The van der Waals surface area contributed by atoms with E-state index in [4.69, 9.17) is 4.74 Å². The second-order valence-corrected chi connectivity index (χ2v) is 9.53. The van der Waals surface area contributed by atoms with Crippen LogP contribution in [0.4, 0.5) is 5.69 Å². The molecule has 1 aliphatic rings. The zero-order valence-corrected chi connectivity index (χ0v) is 19.1. The minimum Gasteiger partial charge on any atom is -0.453 e. The standard InChI is InChI=1S/C23H26N2O6S/c1-15-6-7-18(13-16(15)2)23(28)17(3)31-22(27)14-24-32(29,30)20-10-8-19(9-11-20)25-12-4-5-21(25)26/h6-11,13,17,24H,4-5,12,14H2,1-3H3/t17-/m1/s1. The maximum Gasteiger partial charge on any atom is 0.321 e. The summed E-state index contributed by atoms with van der Waals surface area (Å²) in [5, 5.41) is 0. The molecule has 1 aliphatic heterocycles. The average molecular weight is 459 g/mol. The van der Waals surface area contributed by atoms with Gasteiger partial charge in [-0.1, -0.05) is 12.1 Å². The molecule has 32 heavy (non-hydrogen) atoms. The number of rotatable bonds is 8. The molecule has 0 bridgehead atoms. The fourth-order valence-corrected chi connectivity index (χ4v) is 4.35. The number of sulfonamides is 1. The lowest BCUT2D eigenvalue weighted by Crippen LogP contribution is -2.34. The summed E-state index contributed by atoms with van der Waals surface area (Å²) in [6.07, 6.45) is 0.202. The Morgan fingerprint density at radius 1 is 1.09 bits per heavy atom. The van der Waals surface area contributed by atoms with E-state index in [0.717, 1.165) is 17.5 Å². The number of benzene rings is 2. The van der Waals surface area contributed by atoms with Gasteiger partial charge in [0.15, 0.2) is 6.10 Å². The van der Waals surface area contributed by atoms with Crippen LogP contribution in [0.1, 0.15) is 41.3 Å². The average Bonchev–Trinajstić information content (AvgIpc) is 3.19. The first-order valence-corrected chi connectivity index (χ1v) is 11.8. The second-order valence-electron chi connectivity index (χ2n) is 7.76. The number of hydrogen-bond donors (Lipinski definition) is 1. The molecule has 1 saturated heterocycles. The van der Waals surface area contributed by atoms with Crippen molar-refractivity contribution in [2.24, 2.45) is 0 Å². The molecule has 0 radical (unpaired) electrons. The summed E-state index contributed by atoms with van der Waals surface area (Å²) in [5.41, 5.74) is 3.04. The predicted molar refractivity (Wildman–Crippen MR) is 119 cm³/mol. The highest BCUT2D eigenvalue weighted by Crippen LogP contribution is 2.23. The van der Waals surface area contributed by atoms with Crippen molar-refractivity contribution in [3.05, 3.63) is 59.2 Å². The van der Waals surface area contributed by atoms with Crippen molar-refractivity contribution in [3.8, 4) is 0 Å². The Kier molecular flexibility index (Phi) is 7.10. The number of carbonyl (C=O) groups excluding carboxylic acids is 3. The molecule has 0 saturated carbocycles. The van der Waals surface area contributed by atoms with Crippen molar-refractivity contribution in [1.82, 2.24) is 4.72 Å². The van der Waals surface area contributed by atoms with Gasteiger partial charge in [0.2, 0.25) is 21.7 Å². The first kappa shape index (κ1) is 23.6. The largest absolute Gasteiger partial charge is 0.453 e. The Morgan fingerprint density at radius 2 is 1.78 bits per heavy atom. The van der Waals surface area contributed by atoms with Crippen LogP contribution in [0.3, 0.4) is 0 Å². The normalized spacial score (nSPS) is 15.0. The zero-order valence-electron chi connectivity index (χ0n) is 18.3. The fourth-order valence-electron chi connectivity index (χ4n) is 3.39. The van der Waals surface area contributed by atoms with Gasteiger partial charge >= 0.3 is 5.97 Å². The maximum atomic E-state index is 12.5. The second kappa shape index (κ2) is 9.62. The van der Waals surface area contributed by atoms with Crippen molar-refractivity contribution in [3.63, 3.8) is 0 Å². The van der Waals surface area contributed by atoms with E-state index in [1.807, 2.05) is 19.9 Å². The highest BCUT2D eigenvalue weighted by molar-refractivity contribution is 7.89. The number of amides is 1. The van der Waals surface area contributed by atoms with Crippen LogP contribution in [0.2, 0.25) is 0 Å². The summed E-state index contributed by atoms with van der Waals surface area (Å²) in [4.78, 5) is 38.0. The van der Waals surface area contributed by atoms with Crippen molar-refractivity contribution in [1.29, 1.82) is 0 Å². The van der Waals surface area contributed by atoms with Crippen LogP contribution in [0.15, 0.2) is 47.4 Å². The number of esters is 1. The van der Waals surface area contributed by atoms with Gasteiger partial charge in [0.05, 0.1) is 4.90 Å². The number of nitrogens with one attached hydrogen (secondary N) is 1. The number of aryl methyl sites for hydroxylation is 2. The Labute approximate surface area is 187 Å². The van der Waals surface area contributed by atoms with Crippen LogP contribution in [0.5, 0.6) is 0 Å². The third-order valence-electron chi connectivity index (χ3n) is 5.41. The third kappa shape index (κ3) is 5.41. The molecular weight excluding hydrogens is 432 g/mol. The summed E-state index contributed by atoms with van der Waals surface area (Å²) in [6, 6.07) is 11.1. The molecule has 2 aromatic rings. The summed E-state index contributed by atoms with van der Waals surface area (Å²) < 4.78 is 32.2. The quantitative estimate of drug-likeness (QED) is 0.481. The smallest absolute Gasteiger partial charge is 0.321 e. The number of ether oxygens (including phenoxy) is 1. The molecule has 170 valence electrons. The number of anilines is 1. The van der Waals surface area contributed by atoms with Crippen molar-refractivity contribution < 1.29 is 27.5 Å². The molecule has 1 heterocycles. The molecule has 8 nitrogen and oxygen atoms in total. The Hall–Kier alpha value is -3.04. The lowest BCUT2D eigenvalue weighted by atomic mass is 10.0. The van der Waals surface area contributed by atoms with Gasteiger partial charge in [-0.2, -0.15) is 4.72 Å². The lowest BCUT2D eigenvalue weighted by Gasteiger charge is -2.16. The van der Waals surface area contributed by atoms with Gasteiger partial charge in [-0.3, -0.25) is 14.4 Å². The lowest BCUT2D eigenvalue weighted by molar-refractivity contribution is -0.144. The number of Topliss-reactive ketones (excluding diaryl/α,β-unsaturated/α-hetero) is 1. The number of hydrogen-bond acceptors (Lipinski definition) is 6. The number of ketones is 1. The van der Waals surface area contributed by atoms with E-state index in [1.54, 1.807) is 29.2 Å². The first-order valence-electron chi connectivity index (χ1n) is 10.3. The minimum atomic E-state index is -3.97. The predicted octanol–water partition coefficient (Wildman–Crippen LogP) is 2.52. The molecule has 3 rings (SSSR count).